The summed E-state index contributed by atoms with van der Waals surface area (Å²) in [7, 11) is 0. The van der Waals surface area contributed by atoms with Gasteiger partial charge in [0, 0.05) is 10.9 Å². The Bertz CT molecular complexity index is 1260. The van der Waals surface area contributed by atoms with Gasteiger partial charge in [-0.1, -0.05) is 66.7 Å². The molecule has 0 atom stereocenters. The second kappa shape index (κ2) is 5.54. The highest BCUT2D eigenvalue weighted by Gasteiger charge is 2.10. The van der Waals surface area contributed by atoms with Crippen molar-refractivity contribution in [2.24, 2.45) is 0 Å². The number of rotatable bonds is 1. The first-order valence-electron chi connectivity index (χ1n) is 8.14. The van der Waals surface area contributed by atoms with Gasteiger partial charge >= 0.3 is 0 Å². The molecule has 0 bridgehead atoms. The van der Waals surface area contributed by atoms with Gasteiger partial charge in [0.2, 0.25) is 5.28 Å². The smallest absolute Gasteiger partial charge is 0.218 e. The van der Waals surface area contributed by atoms with Crippen LogP contribution in [0.15, 0.2) is 78.9 Å². The molecule has 0 unspecified atom stereocenters. The lowest BCUT2D eigenvalue weighted by atomic mass is 9.98. The molecule has 0 aliphatic heterocycles. The van der Waals surface area contributed by atoms with Gasteiger partial charge < -0.3 is 0 Å². The Morgan fingerprint density at radius 3 is 2.16 bits per heavy atom. The van der Waals surface area contributed by atoms with Crippen molar-refractivity contribution in [3.8, 4) is 11.3 Å². The highest BCUT2D eigenvalue weighted by atomic mass is 35.5. The monoisotopic (exact) mass is 340 g/mol. The topological polar surface area (TPSA) is 25.8 Å². The van der Waals surface area contributed by atoms with Crippen LogP contribution in [0.2, 0.25) is 5.28 Å². The Kier molecular flexibility index (Phi) is 3.19. The van der Waals surface area contributed by atoms with Crippen LogP contribution in [0.4, 0.5) is 0 Å². The van der Waals surface area contributed by atoms with Crippen LogP contribution >= 0.6 is 11.6 Å². The first-order valence-corrected chi connectivity index (χ1v) is 8.51. The van der Waals surface area contributed by atoms with Crippen molar-refractivity contribution in [2.75, 3.05) is 0 Å². The molecule has 2 nitrogen and oxygen atoms in total. The van der Waals surface area contributed by atoms with Gasteiger partial charge in [0.15, 0.2) is 0 Å². The van der Waals surface area contributed by atoms with E-state index in [0.29, 0.717) is 0 Å². The lowest BCUT2D eigenvalue weighted by Gasteiger charge is -2.09. The van der Waals surface area contributed by atoms with Crippen molar-refractivity contribution < 1.29 is 0 Å². The third-order valence-corrected chi connectivity index (χ3v) is 4.77. The molecule has 0 radical (unpaired) electrons. The van der Waals surface area contributed by atoms with E-state index < -0.39 is 0 Å². The molecule has 5 rings (SSSR count). The summed E-state index contributed by atoms with van der Waals surface area (Å²) >= 11 is 6.16. The standard InChI is InChI=1S/C22H13ClN2/c23-22-24-20-8-4-3-7-18(20)21(25-22)16-12-11-15-10-9-14-5-1-2-6-17(14)19(15)13-16/h1-13H. The molecular weight excluding hydrogens is 328 g/mol. The predicted octanol–water partition coefficient (Wildman–Crippen LogP) is 6.26. The summed E-state index contributed by atoms with van der Waals surface area (Å²) in [5.41, 5.74) is 2.77. The van der Waals surface area contributed by atoms with E-state index in [4.69, 9.17) is 11.6 Å². The van der Waals surface area contributed by atoms with E-state index in [-0.39, 0.29) is 5.28 Å². The summed E-state index contributed by atoms with van der Waals surface area (Å²) < 4.78 is 0. The average molecular weight is 341 g/mol. The minimum atomic E-state index is 0.270. The molecule has 0 aliphatic carbocycles. The van der Waals surface area contributed by atoms with E-state index in [0.717, 1.165) is 22.2 Å². The Labute approximate surface area is 149 Å². The van der Waals surface area contributed by atoms with Crippen molar-refractivity contribution >= 4 is 44.0 Å². The molecule has 0 saturated heterocycles. The molecule has 4 aromatic carbocycles. The fourth-order valence-corrected chi connectivity index (χ4v) is 3.59. The van der Waals surface area contributed by atoms with Crippen LogP contribution in [0, 0.1) is 0 Å². The first-order chi connectivity index (χ1) is 12.3. The lowest BCUT2D eigenvalue weighted by molar-refractivity contribution is 1.23. The van der Waals surface area contributed by atoms with E-state index in [2.05, 4.69) is 64.6 Å². The molecule has 1 heterocycles. The summed E-state index contributed by atoms with van der Waals surface area (Å²) in [6.07, 6.45) is 0. The fraction of sp³-hybridized carbons (Fsp3) is 0. The van der Waals surface area contributed by atoms with E-state index in [9.17, 15) is 0 Å². The second-order valence-electron chi connectivity index (χ2n) is 6.08. The number of nitrogens with zero attached hydrogens (tertiary/aromatic N) is 2. The molecule has 1 aromatic heterocycles. The molecule has 0 N–H and O–H groups in total. The zero-order valence-corrected chi connectivity index (χ0v) is 14.0. The highest BCUT2D eigenvalue weighted by molar-refractivity contribution is 6.29. The minimum absolute atomic E-state index is 0.270. The maximum Gasteiger partial charge on any atom is 0.223 e. The Hall–Kier alpha value is -2.97. The van der Waals surface area contributed by atoms with Gasteiger partial charge in [0.05, 0.1) is 11.2 Å². The minimum Gasteiger partial charge on any atom is -0.218 e. The van der Waals surface area contributed by atoms with Crippen LogP contribution in [0.3, 0.4) is 0 Å². The summed E-state index contributed by atoms with van der Waals surface area (Å²) in [6.45, 7) is 0. The zero-order valence-electron chi connectivity index (χ0n) is 13.3. The number of aromatic nitrogens is 2. The van der Waals surface area contributed by atoms with Crippen molar-refractivity contribution in [1.82, 2.24) is 9.97 Å². The zero-order chi connectivity index (χ0) is 16.8. The Morgan fingerprint density at radius 2 is 1.28 bits per heavy atom. The highest BCUT2D eigenvalue weighted by Crippen LogP contribution is 2.32. The summed E-state index contributed by atoms with van der Waals surface area (Å²) in [6, 6.07) is 27.2. The van der Waals surface area contributed by atoms with Gasteiger partial charge in [-0.3, -0.25) is 0 Å². The van der Waals surface area contributed by atoms with Gasteiger partial charge in [-0.25, -0.2) is 9.97 Å². The van der Waals surface area contributed by atoms with Crippen molar-refractivity contribution in [1.29, 1.82) is 0 Å². The third-order valence-electron chi connectivity index (χ3n) is 4.60. The largest absolute Gasteiger partial charge is 0.223 e. The van der Waals surface area contributed by atoms with Crippen LogP contribution < -0.4 is 0 Å². The number of benzene rings is 4. The molecule has 0 amide bonds. The third kappa shape index (κ3) is 2.34. The molecule has 118 valence electrons. The summed E-state index contributed by atoms with van der Waals surface area (Å²) in [4.78, 5) is 8.84. The van der Waals surface area contributed by atoms with Gasteiger partial charge in [-0.15, -0.1) is 0 Å². The van der Waals surface area contributed by atoms with E-state index in [1.807, 2.05) is 24.3 Å². The second-order valence-corrected chi connectivity index (χ2v) is 6.42. The van der Waals surface area contributed by atoms with Gasteiger partial charge in [-0.2, -0.15) is 0 Å². The number of fused-ring (bicyclic) bond motifs is 4. The lowest BCUT2D eigenvalue weighted by Crippen LogP contribution is -1.91. The molecule has 0 aliphatic rings. The van der Waals surface area contributed by atoms with Crippen LogP contribution in [0.5, 0.6) is 0 Å². The molecule has 0 fully saturated rings. The number of hydrogen-bond acceptors (Lipinski definition) is 2. The molecular formula is C22H13ClN2. The Morgan fingerprint density at radius 1 is 0.600 bits per heavy atom. The van der Waals surface area contributed by atoms with Crippen LogP contribution in [0.1, 0.15) is 0 Å². The molecule has 0 saturated carbocycles. The summed E-state index contributed by atoms with van der Waals surface area (Å²) in [5.74, 6) is 0. The Balaban J connectivity index is 1.86. The molecule has 3 heteroatoms. The number of halogens is 1. The van der Waals surface area contributed by atoms with Crippen LogP contribution in [-0.2, 0) is 0 Å². The van der Waals surface area contributed by atoms with Crippen molar-refractivity contribution in [3.05, 3.63) is 84.1 Å². The van der Waals surface area contributed by atoms with E-state index in [1.54, 1.807) is 0 Å². The SMILES string of the molecule is Clc1nc(-c2ccc3ccc4ccccc4c3c2)c2ccccc2n1. The van der Waals surface area contributed by atoms with Crippen molar-refractivity contribution in [3.63, 3.8) is 0 Å². The average Bonchev–Trinajstić information content (AvgIpc) is 2.67. The maximum absolute atomic E-state index is 6.16. The molecule has 5 aromatic rings. The van der Waals surface area contributed by atoms with E-state index >= 15 is 0 Å². The van der Waals surface area contributed by atoms with Gasteiger partial charge in [-0.05, 0) is 45.3 Å². The normalized spacial score (nSPS) is 11.4. The van der Waals surface area contributed by atoms with Crippen LogP contribution in [0.25, 0.3) is 43.7 Å². The first kappa shape index (κ1) is 14.4. The summed E-state index contributed by atoms with van der Waals surface area (Å²) in [5, 5.41) is 6.18. The number of hydrogen-bond donors (Lipinski definition) is 0. The predicted molar refractivity (Wildman–Crippen MR) is 105 cm³/mol. The fourth-order valence-electron chi connectivity index (χ4n) is 3.42. The van der Waals surface area contributed by atoms with E-state index in [1.165, 1.54) is 21.5 Å². The molecule has 25 heavy (non-hydrogen) atoms. The quantitative estimate of drug-likeness (QED) is 0.266. The van der Waals surface area contributed by atoms with Crippen molar-refractivity contribution in [2.45, 2.75) is 0 Å². The van der Waals surface area contributed by atoms with Gasteiger partial charge in [0.25, 0.3) is 0 Å². The number of para-hydroxylation sites is 1. The van der Waals surface area contributed by atoms with Crippen LogP contribution in [-0.4, -0.2) is 9.97 Å². The maximum atomic E-state index is 6.16. The van der Waals surface area contributed by atoms with Gasteiger partial charge in [0.1, 0.15) is 0 Å². The molecule has 0 spiro atoms.